The number of esters is 1. The number of carbonyl (C=O) groups excluding carboxylic acids is 1. The standard InChI is InChI=1S/C13H17N3O5/c1-8-6-15(7-9(2)21-8)12-11(16(18)19)5-4-10(14-12)13(17)20-3/h4-5,8-9H,6-7H2,1-3H3/t8-,9+. The maximum atomic E-state index is 11.6. The van der Waals surface area contributed by atoms with Crippen molar-refractivity contribution in [1.29, 1.82) is 0 Å². The van der Waals surface area contributed by atoms with E-state index in [0.717, 1.165) is 0 Å². The Labute approximate surface area is 121 Å². The summed E-state index contributed by atoms with van der Waals surface area (Å²) >= 11 is 0. The molecular weight excluding hydrogens is 278 g/mol. The van der Waals surface area contributed by atoms with Crippen LogP contribution in [-0.2, 0) is 9.47 Å². The number of hydrogen-bond acceptors (Lipinski definition) is 7. The number of methoxy groups -OCH3 is 1. The summed E-state index contributed by atoms with van der Waals surface area (Å²) in [5.74, 6) is -0.453. The molecule has 8 heteroatoms. The SMILES string of the molecule is COC(=O)c1ccc([N+](=O)[O-])c(N2C[C@@H](C)O[C@@H](C)C2)n1. The van der Waals surface area contributed by atoms with E-state index in [1.54, 1.807) is 4.90 Å². The van der Waals surface area contributed by atoms with Gasteiger partial charge in [-0.1, -0.05) is 0 Å². The van der Waals surface area contributed by atoms with E-state index in [1.165, 1.54) is 19.2 Å². The van der Waals surface area contributed by atoms with E-state index < -0.39 is 10.9 Å². The average Bonchev–Trinajstić information content (AvgIpc) is 2.44. The van der Waals surface area contributed by atoms with Gasteiger partial charge in [0, 0.05) is 19.2 Å². The van der Waals surface area contributed by atoms with Crippen molar-refractivity contribution in [3.63, 3.8) is 0 Å². The average molecular weight is 295 g/mol. The highest BCUT2D eigenvalue weighted by Crippen LogP contribution is 2.28. The highest BCUT2D eigenvalue weighted by molar-refractivity contribution is 5.88. The number of pyridine rings is 1. The van der Waals surface area contributed by atoms with Crippen molar-refractivity contribution in [2.24, 2.45) is 0 Å². The zero-order valence-electron chi connectivity index (χ0n) is 12.1. The minimum absolute atomic E-state index is 0.0462. The molecule has 0 bridgehead atoms. The third-order valence-corrected chi connectivity index (χ3v) is 3.16. The molecule has 2 rings (SSSR count). The van der Waals surface area contributed by atoms with Gasteiger partial charge in [0.05, 0.1) is 24.2 Å². The van der Waals surface area contributed by atoms with Gasteiger partial charge >= 0.3 is 11.7 Å². The first-order chi connectivity index (χ1) is 9.92. The molecule has 0 radical (unpaired) electrons. The quantitative estimate of drug-likeness (QED) is 0.472. The van der Waals surface area contributed by atoms with E-state index >= 15 is 0 Å². The number of aromatic nitrogens is 1. The van der Waals surface area contributed by atoms with Crippen LogP contribution in [0.3, 0.4) is 0 Å². The summed E-state index contributed by atoms with van der Waals surface area (Å²) in [5.41, 5.74) is -0.0890. The minimum Gasteiger partial charge on any atom is -0.464 e. The Bertz CT molecular complexity index is 553. The van der Waals surface area contributed by atoms with Crippen LogP contribution in [0, 0.1) is 10.1 Å². The number of rotatable bonds is 3. The van der Waals surface area contributed by atoms with Crippen LogP contribution in [0.25, 0.3) is 0 Å². The zero-order valence-corrected chi connectivity index (χ0v) is 12.1. The molecule has 0 saturated carbocycles. The van der Waals surface area contributed by atoms with Crippen molar-refractivity contribution in [1.82, 2.24) is 4.98 Å². The predicted octanol–water partition coefficient (Wildman–Crippen LogP) is 1.39. The van der Waals surface area contributed by atoms with Crippen LogP contribution in [0.2, 0.25) is 0 Å². The van der Waals surface area contributed by atoms with Crippen LogP contribution in [0.4, 0.5) is 11.5 Å². The molecule has 0 aliphatic carbocycles. The van der Waals surface area contributed by atoms with Crippen molar-refractivity contribution in [3.8, 4) is 0 Å². The second kappa shape index (κ2) is 6.04. The molecule has 8 nitrogen and oxygen atoms in total. The molecule has 1 aromatic heterocycles. The summed E-state index contributed by atoms with van der Waals surface area (Å²) in [5, 5.41) is 11.2. The van der Waals surface area contributed by atoms with E-state index in [-0.39, 0.29) is 29.4 Å². The lowest BCUT2D eigenvalue weighted by atomic mass is 10.2. The molecule has 0 spiro atoms. The first-order valence-corrected chi connectivity index (χ1v) is 6.56. The number of nitrogens with zero attached hydrogens (tertiary/aromatic N) is 3. The van der Waals surface area contributed by atoms with Crippen molar-refractivity contribution in [2.45, 2.75) is 26.1 Å². The molecule has 21 heavy (non-hydrogen) atoms. The first-order valence-electron chi connectivity index (χ1n) is 6.56. The first kappa shape index (κ1) is 15.2. The van der Waals surface area contributed by atoms with Crippen LogP contribution < -0.4 is 4.90 Å². The van der Waals surface area contributed by atoms with E-state index in [0.29, 0.717) is 13.1 Å². The molecular formula is C13H17N3O5. The largest absolute Gasteiger partial charge is 0.464 e. The van der Waals surface area contributed by atoms with Crippen LogP contribution in [0.15, 0.2) is 12.1 Å². The molecule has 0 N–H and O–H groups in total. The molecule has 1 aliphatic heterocycles. The number of ether oxygens (including phenoxy) is 2. The molecule has 0 aromatic carbocycles. The number of hydrogen-bond donors (Lipinski definition) is 0. The summed E-state index contributed by atoms with van der Waals surface area (Å²) in [7, 11) is 1.24. The van der Waals surface area contributed by atoms with E-state index in [9.17, 15) is 14.9 Å². The molecule has 1 fully saturated rings. The molecule has 1 aromatic rings. The van der Waals surface area contributed by atoms with Gasteiger partial charge in [0.2, 0.25) is 5.82 Å². The van der Waals surface area contributed by atoms with E-state index in [2.05, 4.69) is 9.72 Å². The Balaban J connectivity index is 2.43. The second-order valence-corrected chi connectivity index (χ2v) is 4.95. The van der Waals surface area contributed by atoms with Crippen LogP contribution >= 0.6 is 0 Å². The van der Waals surface area contributed by atoms with Gasteiger partial charge in [0.1, 0.15) is 0 Å². The lowest BCUT2D eigenvalue weighted by molar-refractivity contribution is -0.384. The van der Waals surface area contributed by atoms with Crippen LogP contribution in [0.1, 0.15) is 24.3 Å². The van der Waals surface area contributed by atoms with Gasteiger partial charge in [-0.2, -0.15) is 0 Å². The maximum absolute atomic E-state index is 11.6. The molecule has 2 heterocycles. The fourth-order valence-corrected chi connectivity index (χ4v) is 2.39. The Morgan fingerprint density at radius 3 is 2.57 bits per heavy atom. The highest BCUT2D eigenvalue weighted by Gasteiger charge is 2.29. The fraction of sp³-hybridized carbons (Fsp3) is 0.538. The molecule has 1 saturated heterocycles. The number of carbonyl (C=O) groups is 1. The van der Waals surface area contributed by atoms with Gasteiger partial charge in [0.15, 0.2) is 5.69 Å². The van der Waals surface area contributed by atoms with Crippen LogP contribution in [-0.4, -0.2) is 48.3 Å². The van der Waals surface area contributed by atoms with Crippen molar-refractivity contribution in [3.05, 3.63) is 27.9 Å². The third-order valence-electron chi connectivity index (χ3n) is 3.16. The van der Waals surface area contributed by atoms with Gasteiger partial charge in [-0.3, -0.25) is 10.1 Å². The Morgan fingerprint density at radius 2 is 2.05 bits per heavy atom. The molecule has 0 unspecified atom stereocenters. The van der Waals surface area contributed by atoms with Gasteiger partial charge in [0.25, 0.3) is 0 Å². The van der Waals surface area contributed by atoms with Crippen LogP contribution in [0.5, 0.6) is 0 Å². The summed E-state index contributed by atoms with van der Waals surface area (Å²) < 4.78 is 10.2. The summed E-state index contributed by atoms with van der Waals surface area (Å²) in [4.78, 5) is 28.1. The predicted molar refractivity (Wildman–Crippen MR) is 74.5 cm³/mol. The summed E-state index contributed by atoms with van der Waals surface area (Å²) in [6, 6.07) is 2.57. The normalized spacial score (nSPS) is 22.0. The monoisotopic (exact) mass is 295 g/mol. The Kier molecular flexibility index (Phi) is 4.37. The Morgan fingerprint density at radius 1 is 1.43 bits per heavy atom. The smallest absolute Gasteiger partial charge is 0.356 e. The highest BCUT2D eigenvalue weighted by atomic mass is 16.6. The lowest BCUT2D eigenvalue weighted by Crippen LogP contribution is -2.46. The van der Waals surface area contributed by atoms with Gasteiger partial charge in [-0.05, 0) is 19.9 Å². The van der Waals surface area contributed by atoms with Gasteiger partial charge in [-0.15, -0.1) is 0 Å². The fourth-order valence-electron chi connectivity index (χ4n) is 2.39. The van der Waals surface area contributed by atoms with Crippen molar-refractivity contribution >= 4 is 17.5 Å². The Hall–Kier alpha value is -2.22. The maximum Gasteiger partial charge on any atom is 0.356 e. The van der Waals surface area contributed by atoms with E-state index in [4.69, 9.17) is 4.74 Å². The molecule has 0 amide bonds. The molecule has 114 valence electrons. The number of morpholine rings is 1. The second-order valence-electron chi connectivity index (χ2n) is 4.95. The summed E-state index contributed by atoms with van der Waals surface area (Å²) in [6.07, 6.45) is -0.145. The lowest BCUT2D eigenvalue weighted by Gasteiger charge is -2.35. The zero-order chi connectivity index (χ0) is 15.6. The third kappa shape index (κ3) is 3.27. The molecule has 1 aliphatic rings. The topological polar surface area (TPSA) is 94.8 Å². The number of anilines is 1. The van der Waals surface area contributed by atoms with Gasteiger partial charge < -0.3 is 14.4 Å². The summed E-state index contributed by atoms with van der Waals surface area (Å²) in [6.45, 7) is 4.73. The number of nitro groups is 1. The van der Waals surface area contributed by atoms with Crippen molar-refractivity contribution in [2.75, 3.05) is 25.1 Å². The van der Waals surface area contributed by atoms with Crippen molar-refractivity contribution < 1.29 is 19.2 Å². The minimum atomic E-state index is -0.625. The van der Waals surface area contributed by atoms with E-state index in [1.807, 2.05) is 13.8 Å². The van der Waals surface area contributed by atoms with Gasteiger partial charge in [-0.25, -0.2) is 9.78 Å². The molecule has 2 atom stereocenters.